The van der Waals surface area contributed by atoms with Gasteiger partial charge in [0.15, 0.2) is 0 Å². The van der Waals surface area contributed by atoms with Crippen LogP contribution in [0.5, 0.6) is 0 Å². The summed E-state index contributed by atoms with van der Waals surface area (Å²) in [5, 5.41) is 3.62. The van der Waals surface area contributed by atoms with Gasteiger partial charge in [-0.25, -0.2) is 18.1 Å². The van der Waals surface area contributed by atoms with Crippen LogP contribution in [0.15, 0.2) is 0 Å². The number of hydrogen-bond acceptors (Lipinski definition) is 6. The van der Waals surface area contributed by atoms with E-state index < -0.39 is 10.0 Å². The van der Waals surface area contributed by atoms with Gasteiger partial charge in [0.05, 0.1) is 5.75 Å². The van der Waals surface area contributed by atoms with Crippen molar-refractivity contribution in [1.82, 2.24) is 14.1 Å². The van der Waals surface area contributed by atoms with Crippen LogP contribution < -0.4 is 10.0 Å². The van der Waals surface area contributed by atoms with Crippen molar-refractivity contribution in [3.8, 4) is 0 Å². The molecule has 8 heteroatoms. The summed E-state index contributed by atoms with van der Waals surface area (Å²) in [5.74, 6) is 0.845. The highest BCUT2D eigenvalue weighted by molar-refractivity contribution is 7.89. The molecule has 0 saturated carbocycles. The first-order chi connectivity index (χ1) is 7.57. The van der Waals surface area contributed by atoms with E-state index in [1.807, 2.05) is 0 Å². The van der Waals surface area contributed by atoms with E-state index in [4.69, 9.17) is 0 Å². The molecule has 6 nitrogen and oxygen atoms in total. The topological polar surface area (TPSA) is 84.0 Å². The largest absolute Gasteiger partial charge is 0.359 e. The predicted molar refractivity (Wildman–Crippen MR) is 65.2 cm³/mol. The Kier molecular flexibility index (Phi) is 5.10. The van der Waals surface area contributed by atoms with E-state index in [1.165, 1.54) is 18.6 Å². The summed E-state index contributed by atoms with van der Waals surface area (Å²) in [4.78, 5) is 4.23. The molecular formula is C8H16N4O2S2. The van der Waals surface area contributed by atoms with Crippen LogP contribution in [0.1, 0.15) is 19.2 Å². The van der Waals surface area contributed by atoms with Crippen LogP contribution in [0, 0.1) is 0 Å². The maximum absolute atomic E-state index is 11.1. The Hall–Kier alpha value is -0.730. The molecule has 0 aliphatic heterocycles. The van der Waals surface area contributed by atoms with Gasteiger partial charge in [-0.1, -0.05) is 6.92 Å². The maximum atomic E-state index is 11.1. The lowest BCUT2D eigenvalue weighted by Gasteiger charge is -2.02. The third kappa shape index (κ3) is 4.42. The van der Waals surface area contributed by atoms with Crippen molar-refractivity contribution in [2.24, 2.45) is 0 Å². The van der Waals surface area contributed by atoms with Gasteiger partial charge >= 0.3 is 0 Å². The molecule has 0 aliphatic carbocycles. The van der Waals surface area contributed by atoms with E-state index in [9.17, 15) is 8.42 Å². The minimum atomic E-state index is -3.15. The highest BCUT2D eigenvalue weighted by Gasteiger charge is 2.07. The molecule has 1 aromatic rings. The molecule has 0 spiro atoms. The van der Waals surface area contributed by atoms with E-state index in [1.54, 1.807) is 0 Å². The number of nitrogens with zero attached hydrogens (tertiary/aromatic N) is 2. The summed E-state index contributed by atoms with van der Waals surface area (Å²) in [6.07, 6.45) is 1.86. The highest BCUT2D eigenvalue weighted by atomic mass is 32.2. The number of aromatic nitrogens is 2. The molecule has 1 heterocycles. The van der Waals surface area contributed by atoms with Gasteiger partial charge in [-0.05, 0) is 13.5 Å². The first-order valence-corrected chi connectivity index (χ1v) is 7.47. The minimum absolute atomic E-state index is 0.0339. The molecule has 0 unspecified atom stereocenters. The summed E-state index contributed by atoms with van der Waals surface area (Å²) in [6.45, 7) is 2.40. The zero-order valence-corrected chi connectivity index (χ0v) is 11.0. The zero-order valence-electron chi connectivity index (χ0n) is 9.36. The normalized spacial score (nSPS) is 11.6. The third-order valence-electron chi connectivity index (χ3n) is 1.90. The lowest BCUT2D eigenvalue weighted by atomic mass is 10.3. The second kappa shape index (κ2) is 6.12. The number of rotatable bonds is 7. The van der Waals surface area contributed by atoms with Crippen LogP contribution in [-0.2, 0) is 16.4 Å². The van der Waals surface area contributed by atoms with Gasteiger partial charge in [0.2, 0.25) is 15.2 Å². The number of sulfonamides is 1. The van der Waals surface area contributed by atoms with Crippen molar-refractivity contribution < 1.29 is 8.42 Å². The number of nitrogens with one attached hydrogen (secondary N) is 2. The van der Waals surface area contributed by atoms with E-state index in [0.717, 1.165) is 18.7 Å². The van der Waals surface area contributed by atoms with Gasteiger partial charge in [0.25, 0.3) is 0 Å². The zero-order chi connectivity index (χ0) is 12.0. The summed E-state index contributed by atoms with van der Waals surface area (Å²) in [7, 11) is -1.75. The molecule has 0 amide bonds. The number of aryl methyl sites for hydroxylation is 1. The molecule has 16 heavy (non-hydrogen) atoms. The molecule has 0 atom stereocenters. The van der Waals surface area contributed by atoms with Crippen LogP contribution in [0.25, 0.3) is 0 Å². The van der Waals surface area contributed by atoms with E-state index >= 15 is 0 Å². The average Bonchev–Trinajstić information content (AvgIpc) is 2.66. The lowest BCUT2D eigenvalue weighted by Crippen LogP contribution is -2.26. The Labute approximate surface area is 99.7 Å². The fraction of sp³-hybridized carbons (Fsp3) is 0.750. The van der Waals surface area contributed by atoms with Crippen molar-refractivity contribution in [3.63, 3.8) is 0 Å². The molecule has 0 radical (unpaired) electrons. The van der Waals surface area contributed by atoms with Crippen LogP contribution in [0.3, 0.4) is 0 Å². The van der Waals surface area contributed by atoms with Gasteiger partial charge in [-0.3, -0.25) is 0 Å². The van der Waals surface area contributed by atoms with Gasteiger partial charge in [-0.15, -0.1) is 0 Å². The molecule has 2 N–H and O–H groups in total. The molecule has 0 saturated heterocycles. The van der Waals surface area contributed by atoms with Crippen LogP contribution in [-0.4, -0.2) is 37.1 Å². The quantitative estimate of drug-likeness (QED) is 0.747. The van der Waals surface area contributed by atoms with Crippen molar-refractivity contribution >= 4 is 26.7 Å². The van der Waals surface area contributed by atoms with E-state index in [2.05, 4.69) is 26.3 Å². The summed E-state index contributed by atoms with van der Waals surface area (Å²) in [5.41, 5.74) is 0. The van der Waals surface area contributed by atoms with Gasteiger partial charge in [0.1, 0.15) is 5.82 Å². The SMILES string of the molecule is CCCc1nsc(NCCS(=O)(=O)NC)n1. The molecule has 0 aromatic carbocycles. The number of anilines is 1. The maximum Gasteiger partial charge on any atom is 0.213 e. The molecule has 1 rings (SSSR count). The fourth-order valence-electron chi connectivity index (χ4n) is 1.05. The Balaban J connectivity index is 2.37. The first-order valence-electron chi connectivity index (χ1n) is 5.05. The standard InChI is InChI=1S/C8H16N4O2S2/c1-3-4-7-11-8(15-12-7)10-5-6-16(13,14)9-2/h9H,3-6H2,1-2H3,(H,10,11,12). The van der Waals surface area contributed by atoms with Crippen molar-refractivity contribution in [2.75, 3.05) is 24.7 Å². The monoisotopic (exact) mass is 264 g/mol. The summed E-state index contributed by atoms with van der Waals surface area (Å²) < 4.78 is 28.6. The lowest BCUT2D eigenvalue weighted by molar-refractivity contribution is 0.588. The van der Waals surface area contributed by atoms with Crippen molar-refractivity contribution in [3.05, 3.63) is 5.82 Å². The molecule has 0 bridgehead atoms. The van der Waals surface area contributed by atoms with Gasteiger partial charge in [0, 0.05) is 24.5 Å². The fourth-order valence-corrected chi connectivity index (χ4v) is 2.26. The number of hydrogen-bond donors (Lipinski definition) is 2. The highest BCUT2D eigenvalue weighted by Crippen LogP contribution is 2.11. The van der Waals surface area contributed by atoms with E-state index in [-0.39, 0.29) is 5.75 Å². The van der Waals surface area contributed by atoms with Crippen LogP contribution in [0.2, 0.25) is 0 Å². The summed E-state index contributed by atoms with van der Waals surface area (Å²) in [6, 6.07) is 0. The Morgan fingerprint density at radius 3 is 2.81 bits per heavy atom. The second-order valence-corrected chi connectivity index (χ2v) is 6.01. The Morgan fingerprint density at radius 1 is 1.44 bits per heavy atom. The van der Waals surface area contributed by atoms with Gasteiger partial charge < -0.3 is 5.32 Å². The van der Waals surface area contributed by atoms with Crippen LogP contribution in [0.4, 0.5) is 5.13 Å². The molecule has 92 valence electrons. The third-order valence-corrected chi connectivity index (χ3v) is 3.97. The van der Waals surface area contributed by atoms with Crippen molar-refractivity contribution in [1.29, 1.82) is 0 Å². The smallest absolute Gasteiger partial charge is 0.213 e. The van der Waals surface area contributed by atoms with Gasteiger partial charge in [-0.2, -0.15) is 4.37 Å². The molecule has 1 aromatic heterocycles. The Bertz CT molecular complexity index is 415. The first kappa shape index (κ1) is 13.3. The second-order valence-electron chi connectivity index (χ2n) is 3.22. The minimum Gasteiger partial charge on any atom is -0.359 e. The molecule has 0 fully saturated rings. The average molecular weight is 264 g/mol. The predicted octanol–water partition coefficient (Wildman–Crippen LogP) is 0.452. The molecule has 0 aliphatic rings. The van der Waals surface area contributed by atoms with E-state index in [0.29, 0.717) is 11.7 Å². The molecular weight excluding hydrogens is 248 g/mol. The Morgan fingerprint density at radius 2 is 2.19 bits per heavy atom. The van der Waals surface area contributed by atoms with Crippen LogP contribution >= 0.6 is 11.5 Å². The van der Waals surface area contributed by atoms with Crippen molar-refractivity contribution in [2.45, 2.75) is 19.8 Å². The summed E-state index contributed by atoms with van der Waals surface area (Å²) >= 11 is 1.26.